The van der Waals surface area contributed by atoms with E-state index in [-0.39, 0.29) is 0 Å². The Labute approximate surface area is 136 Å². The number of rotatable bonds is 4. The van der Waals surface area contributed by atoms with Crippen LogP contribution in [0.1, 0.15) is 15.4 Å². The first kappa shape index (κ1) is 14.4. The minimum Gasteiger partial charge on any atom is -0.298 e. The molecule has 2 aromatic heterocycles. The van der Waals surface area contributed by atoms with Crippen molar-refractivity contribution >= 4 is 11.3 Å². The standard InChI is InChI=1S/C18H23N3S/c1-14-5-6-18(22-14)13-21-10-15-8-20(9-16(15)11-21)12-17-4-2-3-7-19-17/h2-7,15-16H,8-13H2,1H3. The quantitative estimate of drug-likeness (QED) is 0.865. The summed E-state index contributed by atoms with van der Waals surface area (Å²) in [5, 5.41) is 0. The second-order valence-electron chi connectivity index (χ2n) is 6.74. The Kier molecular flexibility index (Phi) is 3.99. The van der Waals surface area contributed by atoms with Crippen LogP contribution in [0.4, 0.5) is 0 Å². The van der Waals surface area contributed by atoms with Gasteiger partial charge < -0.3 is 0 Å². The molecule has 2 aliphatic heterocycles. The van der Waals surface area contributed by atoms with Crippen molar-refractivity contribution in [1.82, 2.24) is 14.8 Å². The van der Waals surface area contributed by atoms with Crippen LogP contribution in [-0.4, -0.2) is 41.0 Å². The Hall–Kier alpha value is -1.23. The largest absolute Gasteiger partial charge is 0.298 e. The third kappa shape index (κ3) is 3.09. The normalized spacial score (nSPS) is 25.7. The summed E-state index contributed by atoms with van der Waals surface area (Å²) in [6, 6.07) is 10.8. The summed E-state index contributed by atoms with van der Waals surface area (Å²) < 4.78 is 0. The molecule has 0 spiro atoms. The van der Waals surface area contributed by atoms with Crippen LogP contribution in [0.3, 0.4) is 0 Å². The molecule has 2 aliphatic rings. The van der Waals surface area contributed by atoms with Crippen LogP contribution >= 0.6 is 11.3 Å². The lowest BCUT2D eigenvalue weighted by atomic mass is 10.0. The third-order valence-corrected chi connectivity index (χ3v) is 5.91. The maximum atomic E-state index is 4.46. The highest BCUT2D eigenvalue weighted by atomic mass is 32.1. The van der Waals surface area contributed by atoms with Gasteiger partial charge in [0.2, 0.25) is 0 Å². The Morgan fingerprint density at radius 2 is 1.73 bits per heavy atom. The summed E-state index contributed by atoms with van der Waals surface area (Å²) in [5.41, 5.74) is 1.20. The van der Waals surface area contributed by atoms with E-state index < -0.39 is 0 Å². The fourth-order valence-electron chi connectivity index (χ4n) is 3.96. The summed E-state index contributed by atoms with van der Waals surface area (Å²) in [7, 11) is 0. The van der Waals surface area contributed by atoms with E-state index in [0.29, 0.717) is 0 Å². The SMILES string of the molecule is Cc1ccc(CN2CC3CN(Cc4ccccn4)CC3C2)s1. The highest BCUT2D eigenvalue weighted by Gasteiger charge is 2.39. The zero-order valence-corrected chi connectivity index (χ0v) is 13.9. The zero-order valence-electron chi connectivity index (χ0n) is 13.1. The average molecular weight is 313 g/mol. The lowest BCUT2D eigenvalue weighted by Gasteiger charge is -2.20. The van der Waals surface area contributed by atoms with Crippen molar-refractivity contribution in [3.05, 3.63) is 52.0 Å². The van der Waals surface area contributed by atoms with Gasteiger partial charge in [-0.25, -0.2) is 0 Å². The molecule has 2 fully saturated rings. The van der Waals surface area contributed by atoms with Crippen LogP contribution in [0.2, 0.25) is 0 Å². The number of aryl methyl sites for hydroxylation is 1. The van der Waals surface area contributed by atoms with Gasteiger partial charge in [-0.05, 0) is 43.0 Å². The first-order valence-electron chi connectivity index (χ1n) is 8.16. The van der Waals surface area contributed by atoms with Gasteiger partial charge in [0, 0.05) is 55.2 Å². The van der Waals surface area contributed by atoms with Crippen LogP contribution in [0.5, 0.6) is 0 Å². The summed E-state index contributed by atoms with van der Waals surface area (Å²) in [6.07, 6.45) is 1.90. The molecule has 3 nitrogen and oxygen atoms in total. The fraction of sp³-hybridized carbons (Fsp3) is 0.500. The minimum atomic E-state index is 0.852. The van der Waals surface area contributed by atoms with E-state index >= 15 is 0 Å². The van der Waals surface area contributed by atoms with Crippen molar-refractivity contribution in [2.45, 2.75) is 20.0 Å². The molecule has 2 saturated heterocycles. The minimum absolute atomic E-state index is 0.852. The van der Waals surface area contributed by atoms with Gasteiger partial charge in [-0.15, -0.1) is 11.3 Å². The molecule has 4 heterocycles. The molecule has 0 aliphatic carbocycles. The molecule has 0 amide bonds. The topological polar surface area (TPSA) is 19.4 Å². The van der Waals surface area contributed by atoms with Crippen molar-refractivity contribution in [3.63, 3.8) is 0 Å². The highest BCUT2D eigenvalue weighted by Crippen LogP contribution is 2.33. The number of likely N-dealkylation sites (tertiary alicyclic amines) is 2. The van der Waals surface area contributed by atoms with Gasteiger partial charge in [0.15, 0.2) is 0 Å². The highest BCUT2D eigenvalue weighted by molar-refractivity contribution is 7.11. The number of pyridine rings is 1. The van der Waals surface area contributed by atoms with E-state index in [4.69, 9.17) is 0 Å². The maximum Gasteiger partial charge on any atom is 0.0543 e. The van der Waals surface area contributed by atoms with Crippen molar-refractivity contribution in [1.29, 1.82) is 0 Å². The number of nitrogens with zero attached hydrogens (tertiary/aromatic N) is 3. The van der Waals surface area contributed by atoms with Crippen LogP contribution in [0.25, 0.3) is 0 Å². The predicted molar refractivity (Wildman–Crippen MR) is 90.8 cm³/mol. The summed E-state index contributed by atoms with van der Waals surface area (Å²) in [4.78, 5) is 12.6. The molecule has 0 saturated carbocycles. The van der Waals surface area contributed by atoms with Gasteiger partial charge in [-0.3, -0.25) is 14.8 Å². The molecule has 2 aromatic rings. The predicted octanol–water partition coefficient (Wildman–Crippen LogP) is 3.02. The molecule has 116 valence electrons. The Morgan fingerprint density at radius 3 is 2.32 bits per heavy atom. The monoisotopic (exact) mass is 313 g/mol. The van der Waals surface area contributed by atoms with Gasteiger partial charge in [0.05, 0.1) is 5.69 Å². The zero-order chi connectivity index (χ0) is 14.9. The van der Waals surface area contributed by atoms with Crippen molar-refractivity contribution in [2.75, 3.05) is 26.2 Å². The lowest BCUT2D eigenvalue weighted by Crippen LogP contribution is -2.28. The molecule has 4 heteroatoms. The maximum absolute atomic E-state index is 4.46. The van der Waals surface area contributed by atoms with Crippen LogP contribution < -0.4 is 0 Å². The molecule has 4 rings (SSSR count). The molecule has 0 N–H and O–H groups in total. The van der Waals surface area contributed by atoms with Crippen LogP contribution in [-0.2, 0) is 13.1 Å². The van der Waals surface area contributed by atoms with E-state index in [1.807, 2.05) is 23.6 Å². The second-order valence-corrected chi connectivity index (χ2v) is 8.11. The molecular weight excluding hydrogens is 290 g/mol. The van der Waals surface area contributed by atoms with Crippen LogP contribution in [0.15, 0.2) is 36.5 Å². The van der Waals surface area contributed by atoms with E-state index in [9.17, 15) is 0 Å². The Morgan fingerprint density at radius 1 is 1.00 bits per heavy atom. The second kappa shape index (κ2) is 6.11. The summed E-state index contributed by atoms with van der Waals surface area (Å²) >= 11 is 1.94. The number of hydrogen-bond acceptors (Lipinski definition) is 4. The number of fused-ring (bicyclic) bond motifs is 1. The van der Waals surface area contributed by atoms with E-state index in [2.05, 4.69) is 46.0 Å². The molecule has 0 radical (unpaired) electrons. The molecule has 22 heavy (non-hydrogen) atoms. The fourth-order valence-corrected chi connectivity index (χ4v) is 4.89. The summed E-state index contributed by atoms with van der Waals surface area (Å²) in [6.45, 7) is 9.36. The van der Waals surface area contributed by atoms with Gasteiger partial charge >= 0.3 is 0 Å². The van der Waals surface area contributed by atoms with Gasteiger partial charge in [0.1, 0.15) is 0 Å². The van der Waals surface area contributed by atoms with Crippen molar-refractivity contribution in [3.8, 4) is 0 Å². The van der Waals surface area contributed by atoms with Crippen molar-refractivity contribution < 1.29 is 0 Å². The third-order valence-electron chi connectivity index (χ3n) is 4.92. The molecular formula is C18H23N3S. The lowest BCUT2D eigenvalue weighted by molar-refractivity contribution is 0.246. The van der Waals surface area contributed by atoms with Gasteiger partial charge in [-0.1, -0.05) is 6.07 Å². The molecule has 2 atom stereocenters. The van der Waals surface area contributed by atoms with Crippen LogP contribution in [0, 0.1) is 18.8 Å². The first-order chi connectivity index (χ1) is 10.8. The Balaban J connectivity index is 1.31. The van der Waals surface area contributed by atoms with E-state index in [1.54, 1.807) is 0 Å². The van der Waals surface area contributed by atoms with E-state index in [1.165, 1.54) is 41.6 Å². The Bertz CT molecular complexity index is 610. The summed E-state index contributed by atoms with van der Waals surface area (Å²) in [5.74, 6) is 1.70. The van der Waals surface area contributed by atoms with Gasteiger partial charge in [0.25, 0.3) is 0 Å². The first-order valence-corrected chi connectivity index (χ1v) is 8.98. The molecule has 0 aromatic carbocycles. The van der Waals surface area contributed by atoms with E-state index in [0.717, 1.165) is 24.9 Å². The molecule has 0 bridgehead atoms. The molecule has 2 unspecified atom stereocenters. The smallest absolute Gasteiger partial charge is 0.0543 e. The number of hydrogen-bond donors (Lipinski definition) is 0. The van der Waals surface area contributed by atoms with Gasteiger partial charge in [-0.2, -0.15) is 0 Å². The average Bonchev–Trinajstić information content (AvgIpc) is 3.16. The number of aromatic nitrogens is 1. The van der Waals surface area contributed by atoms with Crippen molar-refractivity contribution in [2.24, 2.45) is 11.8 Å². The number of thiophene rings is 1.